The Labute approximate surface area is 135 Å². The fraction of sp³-hybridized carbons (Fsp3) is 0.105. The van der Waals surface area contributed by atoms with Crippen LogP contribution in [0.2, 0.25) is 0 Å². The summed E-state index contributed by atoms with van der Waals surface area (Å²) in [5, 5.41) is 2.82. The zero-order valence-electron chi connectivity index (χ0n) is 12.9. The molecular formula is C19H17N3O. The fourth-order valence-electron chi connectivity index (χ4n) is 2.23. The van der Waals surface area contributed by atoms with Crippen LogP contribution in [-0.4, -0.2) is 15.9 Å². The van der Waals surface area contributed by atoms with Gasteiger partial charge in [-0.25, -0.2) is 9.97 Å². The molecule has 0 aliphatic rings. The van der Waals surface area contributed by atoms with Crippen molar-refractivity contribution in [1.82, 2.24) is 9.97 Å². The van der Waals surface area contributed by atoms with Crippen LogP contribution < -0.4 is 5.32 Å². The van der Waals surface area contributed by atoms with Crippen LogP contribution in [0.4, 0.5) is 5.69 Å². The molecule has 3 aromatic rings. The molecule has 3 rings (SSSR count). The highest BCUT2D eigenvalue weighted by molar-refractivity contribution is 5.92. The predicted octanol–water partition coefficient (Wildman–Crippen LogP) is 3.63. The number of nitrogens with zero attached hydrogens (tertiary/aromatic N) is 2. The zero-order valence-corrected chi connectivity index (χ0v) is 12.9. The van der Waals surface area contributed by atoms with Gasteiger partial charge in [-0.15, -0.1) is 0 Å². The number of amides is 1. The van der Waals surface area contributed by atoms with E-state index < -0.39 is 0 Å². The van der Waals surface area contributed by atoms with Crippen molar-refractivity contribution < 1.29 is 4.79 Å². The number of aromatic nitrogens is 2. The van der Waals surface area contributed by atoms with Crippen molar-refractivity contribution in [2.45, 2.75) is 13.3 Å². The zero-order chi connectivity index (χ0) is 16.1. The van der Waals surface area contributed by atoms with Gasteiger partial charge in [-0.2, -0.15) is 0 Å². The molecule has 0 saturated carbocycles. The first kappa shape index (κ1) is 14.9. The van der Waals surface area contributed by atoms with Gasteiger partial charge in [0, 0.05) is 5.56 Å². The van der Waals surface area contributed by atoms with Crippen LogP contribution in [0.1, 0.15) is 11.1 Å². The number of hydrogen-bond donors (Lipinski definition) is 1. The lowest BCUT2D eigenvalue weighted by Gasteiger charge is -2.06. The number of carbonyl (C=O) groups is 1. The van der Waals surface area contributed by atoms with Gasteiger partial charge in [-0.05, 0) is 12.5 Å². The molecule has 0 atom stereocenters. The topological polar surface area (TPSA) is 54.9 Å². The van der Waals surface area contributed by atoms with Crippen molar-refractivity contribution >= 4 is 11.6 Å². The first-order valence-electron chi connectivity index (χ1n) is 7.43. The average molecular weight is 303 g/mol. The Morgan fingerprint density at radius 1 is 0.957 bits per heavy atom. The van der Waals surface area contributed by atoms with Crippen LogP contribution in [-0.2, 0) is 11.2 Å². The van der Waals surface area contributed by atoms with Gasteiger partial charge in [0.05, 0.1) is 24.5 Å². The van der Waals surface area contributed by atoms with E-state index in [1.165, 1.54) is 5.56 Å². The monoisotopic (exact) mass is 303 g/mol. The van der Waals surface area contributed by atoms with Crippen molar-refractivity contribution in [2.24, 2.45) is 0 Å². The molecule has 0 bridgehead atoms. The Morgan fingerprint density at radius 3 is 2.26 bits per heavy atom. The lowest BCUT2D eigenvalue weighted by Crippen LogP contribution is -2.14. The summed E-state index contributed by atoms with van der Waals surface area (Å²) in [6.07, 6.45) is 3.59. The van der Waals surface area contributed by atoms with Gasteiger partial charge >= 0.3 is 0 Å². The smallest absolute Gasteiger partial charge is 0.228 e. The molecule has 114 valence electrons. The lowest BCUT2D eigenvalue weighted by molar-refractivity contribution is -0.115. The molecule has 0 radical (unpaired) electrons. The van der Waals surface area contributed by atoms with Gasteiger partial charge in [0.2, 0.25) is 5.91 Å². The summed E-state index contributed by atoms with van der Waals surface area (Å²) in [7, 11) is 0. The standard InChI is InChI=1S/C19H17N3O/c1-14-7-9-15(10-8-14)11-18(23)22-17-12-20-19(21-13-17)16-5-3-2-4-6-16/h2-10,12-13H,11H2,1H3,(H,22,23). The first-order chi connectivity index (χ1) is 11.2. The number of carbonyl (C=O) groups excluding carboxylic acids is 1. The number of nitrogens with one attached hydrogen (secondary N) is 1. The second-order valence-corrected chi connectivity index (χ2v) is 5.37. The maximum absolute atomic E-state index is 12.1. The number of aryl methyl sites for hydroxylation is 1. The van der Waals surface area contributed by atoms with E-state index in [1.807, 2.05) is 61.5 Å². The number of rotatable bonds is 4. The van der Waals surface area contributed by atoms with Crippen LogP contribution >= 0.6 is 0 Å². The highest BCUT2D eigenvalue weighted by Crippen LogP contribution is 2.15. The summed E-state index contributed by atoms with van der Waals surface area (Å²) in [5.41, 5.74) is 3.71. The molecule has 23 heavy (non-hydrogen) atoms. The highest BCUT2D eigenvalue weighted by atomic mass is 16.1. The summed E-state index contributed by atoms with van der Waals surface area (Å²) < 4.78 is 0. The van der Waals surface area contributed by atoms with E-state index >= 15 is 0 Å². The second kappa shape index (κ2) is 6.83. The Bertz CT molecular complexity index is 781. The molecule has 0 unspecified atom stereocenters. The van der Waals surface area contributed by atoms with E-state index in [0.29, 0.717) is 17.9 Å². The summed E-state index contributed by atoms with van der Waals surface area (Å²) in [6, 6.07) is 17.7. The molecule has 4 heteroatoms. The summed E-state index contributed by atoms with van der Waals surface area (Å²) in [6.45, 7) is 2.02. The van der Waals surface area contributed by atoms with Gasteiger partial charge in [0.15, 0.2) is 5.82 Å². The molecule has 0 aliphatic heterocycles. The quantitative estimate of drug-likeness (QED) is 0.800. The molecule has 2 aromatic carbocycles. The Hall–Kier alpha value is -3.01. The minimum Gasteiger partial charge on any atom is -0.323 e. The molecule has 1 N–H and O–H groups in total. The summed E-state index contributed by atoms with van der Waals surface area (Å²) >= 11 is 0. The summed E-state index contributed by atoms with van der Waals surface area (Å²) in [4.78, 5) is 20.6. The Morgan fingerprint density at radius 2 is 1.61 bits per heavy atom. The normalized spacial score (nSPS) is 10.3. The Kier molecular flexibility index (Phi) is 4.43. The highest BCUT2D eigenvalue weighted by Gasteiger charge is 2.06. The molecule has 1 aromatic heterocycles. The van der Waals surface area contributed by atoms with Crippen molar-refractivity contribution in [3.05, 3.63) is 78.1 Å². The van der Waals surface area contributed by atoms with Crippen LogP contribution in [0.25, 0.3) is 11.4 Å². The minimum atomic E-state index is -0.0788. The fourth-order valence-corrected chi connectivity index (χ4v) is 2.23. The number of hydrogen-bond acceptors (Lipinski definition) is 3. The largest absolute Gasteiger partial charge is 0.323 e. The van der Waals surface area contributed by atoms with Crippen LogP contribution in [0.3, 0.4) is 0 Å². The van der Waals surface area contributed by atoms with E-state index in [0.717, 1.165) is 11.1 Å². The maximum Gasteiger partial charge on any atom is 0.228 e. The van der Waals surface area contributed by atoms with Crippen LogP contribution in [0, 0.1) is 6.92 Å². The van der Waals surface area contributed by atoms with Gasteiger partial charge in [0.25, 0.3) is 0 Å². The second-order valence-electron chi connectivity index (χ2n) is 5.37. The third kappa shape index (κ3) is 4.01. The van der Waals surface area contributed by atoms with Gasteiger partial charge in [-0.3, -0.25) is 4.79 Å². The van der Waals surface area contributed by atoms with Gasteiger partial charge < -0.3 is 5.32 Å². The molecule has 4 nitrogen and oxygen atoms in total. The molecule has 1 amide bonds. The average Bonchev–Trinajstić information content (AvgIpc) is 2.58. The molecule has 0 saturated heterocycles. The minimum absolute atomic E-state index is 0.0788. The predicted molar refractivity (Wildman–Crippen MR) is 91.0 cm³/mol. The molecule has 1 heterocycles. The number of benzene rings is 2. The van der Waals surface area contributed by atoms with E-state index in [-0.39, 0.29) is 5.91 Å². The van der Waals surface area contributed by atoms with Crippen molar-refractivity contribution in [1.29, 1.82) is 0 Å². The van der Waals surface area contributed by atoms with Crippen molar-refractivity contribution in [2.75, 3.05) is 5.32 Å². The lowest BCUT2D eigenvalue weighted by atomic mass is 10.1. The van der Waals surface area contributed by atoms with Crippen molar-refractivity contribution in [3.8, 4) is 11.4 Å². The maximum atomic E-state index is 12.1. The van der Waals surface area contributed by atoms with E-state index in [9.17, 15) is 4.79 Å². The molecule has 0 fully saturated rings. The third-order valence-electron chi connectivity index (χ3n) is 3.45. The first-order valence-corrected chi connectivity index (χ1v) is 7.43. The molecular weight excluding hydrogens is 286 g/mol. The Balaban J connectivity index is 1.64. The third-order valence-corrected chi connectivity index (χ3v) is 3.45. The summed E-state index contributed by atoms with van der Waals surface area (Å²) in [5.74, 6) is 0.562. The van der Waals surface area contributed by atoms with Gasteiger partial charge in [0.1, 0.15) is 0 Å². The number of anilines is 1. The van der Waals surface area contributed by atoms with Crippen LogP contribution in [0.5, 0.6) is 0 Å². The van der Waals surface area contributed by atoms with Crippen molar-refractivity contribution in [3.63, 3.8) is 0 Å². The molecule has 0 spiro atoms. The molecule has 0 aliphatic carbocycles. The SMILES string of the molecule is Cc1ccc(CC(=O)Nc2cnc(-c3ccccc3)nc2)cc1. The van der Waals surface area contributed by atoms with E-state index in [2.05, 4.69) is 15.3 Å². The van der Waals surface area contributed by atoms with Crippen LogP contribution in [0.15, 0.2) is 67.0 Å². The van der Waals surface area contributed by atoms with Gasteiger partial charge in [-0.1, -0.05) is 60.2 Å². The van der Waals surface area contributed by atoms with E-state index in [1.54, 1.807) is 12.4 Å². The van der Waals surface area contributed by atoms with E-state index in [4.69, 9.17) is 0 Å².